The van der Waals surface area contributed by atoms with E-state index in [2.05, 4.69) is 12.2 Å². The summed E-state index contributed by atoms with van der Waals surface area (Å²) in [6, 6.07) is 5.83. The van der Waals surface area contributed by atoms with Gasteiger partial charge in [-0.2, -0.15) is 0 Å². The lowest BCUT2D eigenvalue weighted by Crippen LogP contribution is -2.35. The van der Waals surface area contributed by atoms with Gasteiger partial charge in [0.05, 0.1) is 13.5 Å². The quantitative estimate of drug-likeness (QED) is 0.433. The Hall–Kier alpha value is -1.77. The van der Waals surface area contributed by atoms with E-state index in [-0.39, 0.29) is 11.4 Å². The highest BCUT2D eigenvalue weighted by Crippen LogP contribution is 2.48. The van der Waals surface area contributed by atoms with E-state index < -0.39 is 0 Å². The van der Waals surface area contributed by atoms with Crippen LogP contribution in [-0.4, -0.2) is 13.1 Å². The van der Waals surface area contributed by atoms with Crippen molar-refractivity contribution in [3.63, 3.8) is 0 Å². The largest absolute Gasteiger partial charge is 0.493 e. The molecule has 3 heteroatoms. The van der Waals surface area contributed by atoms with Gasteiger partial charge >= 0.3 is 5.97 Å². The third kappa shape index (κ3) is 1.62. The maximum atomic E-state index is 11.9. The zero-order valence-electron chi connectivity index (χ0n) is 10.4. The van der Waals surface area contributed by atoms with Crippen molar-refractivity contribution in [1.29, 1.82) is 0 Å². The van der Waals surface area contributed by atoms with E-state index in [0.717, 1.165) is 24.8 Å². The Kier molecular flexibility index (Phi) is 2.62. The summed E-state index contributed by atoms with van der Waals surface area (Å²) in [6.45, 7) is 0. The minimum atomic E-state index is -0.183. The van der Waals surface area contributed by atoms with E-state index in [4.69, 9.17) is 9.47 Å². The molecule has 1 heterocycles. The van der Waals surface area contributed by atoms with Crippen LogP contribution in [0.15, 0.2) is 30.4 Å². The fourth-order valence-corrected chi connectivity index (χ4v) is 2.98. The van der Waals surface area contributed by atoms with Crippen molar-refractivity contribution in [3.05, 3.63) is 35.9 Å². The number of hydrogen-bond acceptors (Lipinski definition) is 3. The van der Waals surface area contributed by atoms with Crippen LogP contribution in [0.5, 0.6) is 11.5 Å². The van der Waals surface area contributed by atoms with Crippen LogP contribution in [0, 0.1) is 0 Å². The molecule has 1 spiro atoms. The Labute approximate surface area is 106 Å². The molecule has 0 N–H and O–H groups in total. The monoisotopic (exact) mass is 244 g/mol. The van der Waals surface area contributed by atoms with Crippen LogP contribution in [0.2, 0.25) is 0 Å². The second kappa shape index (κ2) is 4.16. The van der Waals surface area contributed by atoms with Gasteiger partial charge in [0, 0.05) is 11.0 Å². The van der Waals surface area contributed by atoms with Crippen molar-refractivity contribution in [2.24, 2.45) is 0 Å². The Morgan fingerprint density at radius 2 is 2.28 bits per heavy atom. The second-order valence-corrected chi connectivity index (χ2v) is 4.94. The molecular formula is C15H16O3. The summed E-state index contributed by atoms with van der Waals surface area (Å²) in [5.74, 6) is 1.07. The molecule has 18 heavy (non-hydrogen) atoms. The van der Waals surface area contributed by atoms with Crippen LogP contribution in [0.3, 0.4) is 0 Å². The molecule has 0 radical (unpaired) electrons. The highest BCUT2D eigenvalue weighted by atomic mass is 16.6. The number of hydrogen-bond donors (Lipinski definition) is 0. The van der Waals surface area contributed by atoms with Crippen LogP contribution >= 0.6 is 0 Å². The zero-order valence-corrected chi connectivity index (χ0v) is 10.4. The minimum absolute atomic E-state index is 0.168. The molecule has 2 aliphatic rings. The molecule has 3 nitrogen and oxygen atoms in total. The Bertz CT molecular complexity index is 518. The summed E-state index contributed by atoms with van der Waals surface area (Å²) in [5, 5.41) is 0. The van der Waals surface area contributed by atoms with Crippen molar-refractivity contribution in [1.82, 2.24) is 0 Å². The van der Waals surface area contributed by atoms with E-state index in [1.54, 1.807) is 7.11 Å². The minimum Gasteiger partial charge on any atom is -0.493 e. The van der Waals surface area contributed by atoms with Crippen molar-refractivity contribution < 1.29 is 14.3 Å². The molecule has 0 aromatic heterocycles. The number of carbonyl (C=O) groups excluding carboxylic acids is 1. The molecule has 1 aliphatic carbocycles. The van der Waals surface area contributed by atoms with Crippen molar-refractivity contribution >= 4 is 5.97 Å². The molecule has 0 bridgehead atoms. The van der Waals surface area contributed by atoms with Gasteiger partial charge in [-0.05, 0) is 25.3 Å². The average Bonchev–Trinajstić information content (AvgIpc) is 2.39. The topological polar surface area (TPSA) is 35.5 Å². The molecule has 1 aromatic carbocycles. The van der Waals surface area contributed by atoms with Crippen molar-refractivity contribution in [2.75, 3.05) is 7.11 Å². The van der Waals surface area contributed by atoms with Crippen LogP contribution < -0.4 is 9.47 Å². The van der Waals surface area contributed by atoms with Crippen LogP contribution in [0.1, 0.15) is 31.2 Å². The third-order valence-corrected chi connectivity index (χ3v) is 3.84. The van der Waals surface area contributed by atoms with E-state index in [1.165, 1.54) is 0 Å². The molecule has 94 valence electrons. The smallest absolute Gasteiger partial charge is 0.312 e. The second-order valence-electron chi connectivity index (χ2n) is 4.94. The predicted molar refractivity (Wildman–Crippen MR) is 67.9 cm³/mol. The van der Waals surface area contributed by atoms with Gasteiger partial charge in [-0.1, -0.05) is 24.3 Å². The fraction of sp³-hybridized carbons (Fsp3) is 0.400. The highest BCUT2D eigenvalue weighted by Gasteiger charge is 2.41. The molecule has 1 unspecified atom stereocenters. The highest BCUT2D eigenvalue weighted by molar-refractivity contribution is 5.80. The SMILES string of the molecule is COc1cccc2c1OC(=O)CC21C=CCCC1. The summed E-state index contributed by atoms with van der Waals surface area (Å²) in [5.41, 5.74) is 0.898. The van der Waals surface area contributed by atoms with Crippen LogP contribution in [0.25, 0.3) is 0 Å². The molecule has 0 saturated carbocycles. The third-order valence-electron chi connectivity index (χ3n) is 3.84. The van der Waals surface area contributed by atoms with Gasteiger partial charge in [0.15, 0.2) is 11.5 Å². The normalized spacial score (nSPS) is 25.7. The zero-order chi connectivity index (χ0) is 12.6. The standard InChI is InChI=1S/C15H16O3/c1-17-12-7-5-6-11-14(12)18-13(16)10-15(11)8-3-2-4-9-15/h3,5-8H,2,4,9-10H2,1H3. The number of ether oxygens (including phenoxy) is 2. The summed E-state index contributed by atoms with van der Waals surface area (Å²) >= 11 is 0. The maximum absolute atomic E-state index is 11.9. The first-order valence-electron chi connectivity index (χ1n) is 6.31. The molecule has 0 amide bonds. The number of allylic oxidation sites excluding steroid dienone is 2. The first kappa shape index (κ1) is 11.3. The Balaban J connectivity index is 2.19. The Morgan fingerprint density at radius 3 is 3.00 bits per heavy atom. The number of benzene rings is 1. The van der Waals surface area contributed by atoms with Gasteiger partial charge in [0.25, 0.3) is 0 Å². The van der Waals surface area contributed by atoms with Gasteiger partial charge in [-0.3, -0.25) is 4.79 Å². The van der Waals surface area contributed by atoms with E-state index in [1.807, 2.05) is 18.2 Å². The van der Waals surface area contributed by atoms with E-state index in [9.17, 15) is 4.79 Å². The summed E-state index contributed by atoms with van der Waals surface area (Å²) in [6.07, 6.45) is 7.99. The number of para-hydroxylation sites is 1. The number of rotatable bonds is 1. The lowest BCUT2D eigenvalue weighted by Gasteiger charge is -2.37. The average molecular weight is 244 g/mol. The number of methoxy groups -OCH3 is 1. The Morgan fingerprint density at radius 1 is 1.39 bits per heavy atom. The molecular weight excluding hydrogens is 228 g/mol. The lowest BCUT2D eigenvalue weighted by atomic mass is 9.70. The molecule has 1 aliphatic heterocycles. The maximum Gasteiger partial charge on any atom is 0.312 e. The molecule has 1 atom stereocenters. The summed E-state index contributed by atoms with van der Waals surface area (Å²) in [4.78, 5) is 11.9. The predicted octanol–water partition coefficient (Wildman–Crippen LogP) is 2.98. The first-order valence-corrected chi connectivity index (χ1v) is 6.31. The van der Waals surface area contributed by atoms with Gasteiger partial charge < -0.3 is 9.47 Å². The molecule has 3 rings (SSSR count). The van der Waals surface area contributed by atoms with E-state index >= 15 is 0 Å². The first-order chi connectivity index (χ1) is 8.75. The number of carbonyl (C=O) groups is 1. The van der Waals surface area contributed by atoms with Gasteiger partial charge in [-0.25, -0.2) is 0 Å². The fourth-order valence-electron chi connectivity index (χ4n) is 2.98. The van der Waals surface area contributed by atoms with E-state index in [0.29, 0.717) is 17.9 Å². The number of esters is 1. The van der Waals surface area contributed by atoms with Crippen LogP contribution in [0.4, 0.5) is 0 Å². The molecule has 0 fully saturated rings. The van der Waals surface area contributed by atoms with Gasteiger partial charge in [0.1, 0.15) is 0 Å². The lowest BCUT2D eigenvalue weighted by molar-refractivity contribution is -0.137. The van der Waals surface area contributed by atoms with Gasteiger partial charge in [0.2, 0.25) is 0 Å². The van der Waals surface area contributed by atoms with Crippen molar-refractivity contribution in [2.45, 2.75) is 31.1 Å². The summed E-state index contributed by atoms with van der Waals surface area (Å²) in [7, 11) is 1.60. The molecule has 0 saturated heterocycles. The summed E-state index contributed by atoms with van der Waals surface area (Å²) < 4.78 is 10.7. The van der Waals surface area contributed by atoms with Crippen molar-refractivity contribution in [3.8, 4) is 11.5 Å². The molecule has 1 aromatic rings. The van der Waals surface area contributed by atoms with Crippen LogP contribution in [-0.2, 0) is 10.2 Å². The number of fused-ring (bicyclic) bond motifs is 2. The van der Waals surface area contributed by atoms with Gasteiger partial charge in [-0.15, -0.1) is 0 Å².